The van der Waals surface area contributed by atoms with E-state index in [0.717, 1.165) is 50.0 Å². The molecule has 1 unspecified atom stereocenters. The Kier molecular flexibility index (Phi) is 12.0. The number of sulfone groups is 1. The van der Waals surface area contributed by atoms with Gasteiger partial charge in [0.15, 0.2) is 15.5 Å². The molecule has 1 N–H and O–H groups in total. The zero-order valence-corrected chi connectivity index (χ0v) is 33.7. The quantitative estimate of drug-likeness (QED) is 0.285. The lowest BCUT2D eigenvalue weighted by molar-refractivity contribution is -0.130. The number of nitriles is 1. The van der Waals surface area contributed by atoms with Crippen molar-refractivity contribution in [2.45, 2.75) is 90.6 Å². The van der Waals surface area contributed by atoms with E-state index in [-0.39, 0.29) is 61.2 Å². The standard InChI is InChI=1S/C42H55F2N7O5S/c1-46-42(18-4-10-37(42)47-39(53)56-2)41(30-48-20-6-21-48,32-7-3-8-33(43)25-32)31-16-23-49(24-17-31)27-40(44)28-51(29-40)34-11-13-35(14-12-34)57(54,55)36-9-5-22-50(26-36)38(52)15-19-45/h3,7-8,11-14,25,31,36-37H,1,4-6,9-10,15-18,20-24,26-30H2,2H3,(H,47,53)/t36-,37+,41?,42-/m1/s1. The third kappa shape index (κ3) is 7.89. The van der Waals surface area contributed by atoms with Crippen LogP contribution in [0.25, 0.3) is 0 Å². The number of amides is 2. The summed E-state index contributed by atoms with van der Waals surface area (Å²) in [5.74, 6) is -0.617. The average molecular weight is 808 g/mol. The summed E-state index contributed by atoms with van der Waals surface area (Å²) in [4.78, 5) is 38.0. The zero-order valence-electron chi connectivity index (χ0n) is 32.9. The number of anilines is 1. The van der Waals surface area contributed by atoms with E-state index < -0.39 is 37.8 Å². The monoisotopic (exact) mass is 807 g/mol. The van der Waals surface area contributed by atoms with E-state index in [0.29, 0.717) is 51.9 Å². The van der Waals surface area contributed by atoms with Crippen LogP contribution in [0.3, 0.4) is 0 Å². The number of aliphatic imine (C=N–C) groups is 1. The molecule has 15 heteroatoms. The molecule has 57 heavy (non-hydrogen) atoms. The van der Waals surface area contributed by atoms with E-state index in [1.807, 2.05) is 17.0 Å². The number of carbonyl (C=O) groups is 2. The Bertz CT molecular complexity index is 1950. The second-order valence-corrected chi connectivity index (χ2v) is 19.0. The Hall–Kier alpha value is -4.13. The van der Waals surface area contributed by atoms with E-state index in [9.17, 15) is 18.0 Å². The molecule has 0 bridgehead atoms. The van der Waals surface area contributed by atoms with Crippen LogP contribution in [0, 0.1) is 23.1 Å². The molecular weight excluding hydrogens is 753 g/mol. The van der Waals surface area contributed by atoms with Gasteiger partial charge in [-0.25, -0.2) is 22.0 Å². The maximum absolute atomic E-state index is 16.4. The molecule has 5 aliphatic rings. The maximum Gasteiger partial charge on any atom is 0.407 e. The van der Waals surface area contributed by atoms with Crippen LogP contribution >= 0.6 is 0 Å². The largest absolute Gasteiger partial charge is 0.453 e. The highest BCUT2D eigenvalue weighted by Gasteiger charge is 2.63. The molecule has 0 aromatic heterocycles. The lowest BCUT2D eigenvalue weighted by Gasteiger charge is -2.58. The fraction of sp³-hybridized carbons (Fsp3) is 0.619. The SMILES string of the molecule is C=N[C@]1(C(CN2CCC2)(c2cccc(F)c2)C2CCN(CC3(F)CN(c4ccc(S(=O)(=O)[C@@H]5CCCN(C(=O)CC#N)C5)cc4)C3)CC2)CCC[C@@H]1NC(=O)OC. The van der Waals surface area contributed by atoms with Gasteiger partial charge >= 0.3 is 6.09 Å². The topological polar surface area (TPSA) is 139 Å². The van der Waals surface area contributed by atoms with E-state index in [4.69, 9.17) is 15.0 Å². The number of rotatable bonds is 13. The maximum atomic E-state index is 16.4. The first-order chi connectivity index (χ1) is 27.4. The molecule has 1 aliphatic carbocycles. The predicted molar refractivity (Wildman–Crippen MR) is 213 cm³/mol. The van der Waals surface area contributed by atoms with Gasteiger partial charge in [0.2, 0.25) is 5.91 Å². The highest BCUT2D eigenvalue weighted by Crippen LogP contribution is 2.56. The molecule has 308 valence electrons. The molecule has 12 nitrogen and oxygen atoms in total. The van der Waals surface area contributed by atoms with Gasteiger partial charge < -0.3 is 24.8 Å². The minimum Gasteiger partial charge on any atom is -0.453 e. The summed E-state index contributed by atoms with van der Waals surface area (Å²) in [7, 11) is -2.36. The van der Waals surface area contributed by atoms with Crippen LogP contribution in [0.15, 0.2) is 58.4 Å². The number of hydrogen-bond acceptors (Lipinski definition) is 10. The summed E-state index contributed by atoms with van der Waals surface area (Å²) in [5.41, 5.74) is -1.32. The third-order valence-corrected chi connectivity index (χ3v) is 15.8. The van der Waals surface area contributed by atoms with Crippen LogP contribution in [0.2, 0.25) is 0 Å². The van der Waals surface area contributed by atoms with Crippen molar-refractivity contribution in [2.75, 3.05) is 77.5 Å². The molecule has 0 spiro atoms. The molecule has 4 saturated heterocycles. The number of piperidine rings is 2. The van der Waals surface area contributed by atoms with Crippen LogP contribution in [0.5, 0.6) is 0 Å². The number of halogens is 2. The molecule has 2 aromatic rings. The predicted octanol–water partition coefficient (Wildman–Crippen LogP) is 4.74. The molecule has 4 atom stereocenters. The van der Waals surface area contributed by atoms with Gasteiger partial charge in [-0.2, -0.15) is 5.26 Å². The Morgan fingerprint density at radius 1 is 1.02 bits per heavy atom. The molecule has 4 heterocycles. The van der Waals surface area contributed by atoms with Gasteiger partial charge in [-0.3, -0.25) is 14.7 Å². The summed E-state index contributed by atoms with van der Waals surface area (Å²) in [5, 5.41) is 11.3. The summed E-state index contributed by atoms with van der Waals surface area (Å²) in [6.07, 6.45) is 5.00. The molecule has 1 saturated carbocycles. The summed E-state index contributed by atoms with van der Waals surface area (Å²) in [6, 6.07) is 14.9. The first-order valence-electron chi connectivity index (χ1n) is 20.3. The first kappa shape index (κ1) is 41.0. The van der Waals surface area contributed by atoms with Gasteiger partial charge in [0, 0.05) is 37.3 Å². The highest BCUT2D eigenvalue weighted by molar-refractivity contribution is 7.92. The Morgan fingerprint density at radius 2 is 1.75 bits per heavy atom. The molecule has 0 radical (unpaired) electrons. The zero-order chi connectivity index (χ0) is 40.4. The Labute approximate surface area is 335 Å². The van der Waals surface area contributed by atoms with Crippen LogP contribution in [-0.2, 0) is 24.8 Å². The highest BCUT2D eigenvalue weighted by atomic mass is 32.2. The second kappa shape index (κ2) is 16.6. The lowest BCUT2D eigenvalue weighted by atomic mass is 9.54. The van der Waals surface area contributed by atoms with Crippen LogP contribution in [0.4, 0.5) is 19.3 Å². The van der Waals surface area contributed by atoms with Crippen LogP contribution in [-0.4, -0.2) is 137 Å². The van der Waals surface area contributed by atoms with Gasteiger partial charge in [0.05, 0.1) is 48.0 Å². The molecule has 5 fully saturated rings. The fourth-order valence-electron chi connectivity index (χ4n) is 10.6. The number of benzene rings is 2. The van der Waals surface area contributed by atoms with Gasteiger partial charge in [-0.15, -0.1) is 0 Å². The number of hydrogen-bond donors (Lipinski definition) is 1. The normalized spacial score (nSPS) is 26.7. The summed E-state index contributed by atoms with van der Waals surface area (Å²) >= 11 is 0. The molecule has 2 aromatic carbocycles. The van der Waals surface area contributed by atoms with Crippen molar-refractivity contribution in [1.82, 2.24) is 20.0 Å². The molecule has 7 rings (SSSR count). The van der Waals surface area contributed by atoms with E-state index in [1.54, 1.807) is 36.4 Å². The third-order valence-electron chi connectivity index (χ3n) is 13.6. The summed E-state index contributed by atoms with van der Waals surface area (Å²) < 4.78 is 63.6. The average Bonchev–Trinajstić information content (AvgIpc) is 3.60. The number of likely N-dealkylation sites (tertiary alicyclic amines) is 3. The van der Waals surface area contributed by atoms with Crippen LogP contribution < -0.4 is 10.2 Å². The van der Waals surface area contributed by atoms with Crippen molar-refractivity contribution in [3.05, 3.63) is 59.9 Å². The molecular formula is C42H55F2N7O5S. The van der Waals surface area contributed by atoms with Gasteiger partial charge in [0.1, 0.15) is 12.2 Å². The lowest BCUT2D eigenvalue weighted by Crippen LogP contribution is -2.69. The number of ether oxygens (including phenoxy) is 1. The van der Waals surface area contributed by atoms with E-state index in [1.165, 1.54) is 18.1 Å². The minimum atomic E-state index is -3.71. The van der Waals surface area contributed by atoms with Crippen molar-refractivity contribution in [1.29, 1.82) is 5.26 Å². The van der Waals surface area contributed by atoms with Crippen LogP contribution in [0.1, 0.15) is 63.4 Å². The van der Waals surface area contributed by atoms with Gasteiger partial charge in [0.25, 0.3) is 0 Å². The number of alkyl carbamates (subject to hydrolysis) is 1. The fourth-order valence-corrected chi connectivity index (χ4v) is 12.4. The van der Waals surface area contributed by atoms with Gasteiger partial charge in [-0.1, -0.05) is 12.1 Å². The van der Waals surface area contributed by atoms with Crippen molar-refractivity contribution in [3.63, 3.8) is 0 Å². The van der Waals surface area contributed by atoms with Gasteiger partial charge in [-0.05, 0) is 132 Å². The summed E-state index contributed by atoms with van der Waals surface area (Å²) in [6.45, 7) is 9.14. The molecule has 4 aliphatic heterocycles. The number of carbonyl (C=O) groups excluding carboxylic acids is 2. The van der Waals surface area contributed by atoms with Crippen molar-refractivity contribution >= 4 is 34.2 Å². The second-order valence-electron chi connectivity index (χ2n) is 16.8. The van der Waals surface area contributed by atoms with Crippen molar-refractivity contribution in [2.24, 2.45) is 10.9 Å². The number of methoxy groups -OCH3 is 1. The Balaban J connectivity index is 1.03. The number of nitrogens with one attached hydrogen (secondary N) is 1. The van der Waals surface area contributed by atoms with E-state index >= 15 is 8.78 Å². The first-order valence-corrected chi connectivity index (χ1v) is 21.9. The minimum absolute atomic E-state index is 0.0552. The van der Waals surface area contributed by atoms with Crippen molar-refractivity contribution < 1.29 is 31.5 Å². The van der Waals surface area contributed by atoms with E-state index in [2.05, 4.69) is 21.8 Å². The van der Waals surface area contributed by atoms with Crippen molar-refractivity contribution in [3.8, 4) is 6.07 Å². The number of nitrogens with zero attached hydrogens (tertiary/aromatic N) is 6. The number of alkyl halides is 1. The smallest absolute Gasteiger partial charge is 0.407 e. The Morgan fingerprint density at radius 3 is 2.39 bits per heavy atom. The molecule has 2 amide bonds.